The Bertz CT molecular complexity index is 961. The minimum atomic E-state index is -0.109. The number of carbonyl (C=O) groups excluding carboxylic acids is 1. The van der Waals surface area contributed by atoms with Gasteiger partial charge in [-0.05, 0) is 49.4 Å². The molecule has 0 radical (unpaired) electrons. The van der Waals surface area contributed by atoms with Crippen molar-refractivity contribution < 1.29 is 4.79 Å². The van der Waals surface area contributed by atoms with Crippen molar-refractivity contribution >= 4 is 40.2 Å². The quantitative estimate of drug-likeness (QED) is 0.545. The molecule has 132 valence electrons. The van der Waals surface area contributed by atoms with Crippen molar-refractivity contribution in [3.05, 3.63) is 47.7 Å². The predicted molar refractivity (Wildman–Crippen MR) is 104 cm³/mol. The number of nitrogens with two attached hydrogens (primary N) is 1. The summed E-state index contributed by atoms with van der Waals surface area (Å²) in [6.07, 6.45) is 4.36. The number of nitrogen functional groups attached to an aromatic ring is 1. The first-order chi connectivity index (χ1) is 12.7. The summed E-state index contributed by atoms with van der Waals surface area (Å²) in [5.41, 5.74) is 9.86. The normalized spacial score (nSPS) is 13.4. The summed E-state index contributed by atoms with van der Waals surface area (Å²) in [7, 11) is 0. The Labute approximate surface area is 155 Å². The van der Waals surface area contributed by atoms with Crippen LogP contribution in [0.3, 0.4) is 0 Å². The topological polar surface area (TPSA) is 93.8 Å². The van der Waals surface area contributed by atoms with Gasteiger partial charge in [0, 0.05) is 11.4 Å². The number of aryl methyl sites for hydroxylation is 2. The number of carbonyl (C=O) groups is 1. The number of rotatable bonds is 4. The van der Waals surface area contributed by atoms with Gasteiger partial charge < -0.3 is 11.1 Å². The third-order valence-electron chi connectivity index (χ3n) is 4.36. The smallest absolute Gasteiger partial charge is 0.234 e. The van der Waals surface area contributed by atoms with Gasteiger partial charge in [0.1, 0.15) is 5.82 Å². The molecule has 2 aromatic heterocycles. The van der Waals surface area contributed by atoms with Gasteiger partial charge in [-0.25, -0.2) is 15.0 Å². The minimum absolute atomic E-state index is 0.109. The number of benzene rings is 1. The summed E-state index contributed by atoms with van der Waals surface area (Å²) in [5.74, 6) is 0.522. The summed E-state index contributed by atoms with van der Waals surface area (Å²) in [4.78, 5) is 25.6. The molecule has 4 rings (SSSR count). The van der Waals surface area contributed by atoms with E-state index in [0.29, 0.717) is 16.6 Å². The molecule has 6 nitrogen and oxygen atoms in total. The summed E-state index contributed by atoms with van der Waals surface area (Å²) < 4.78 is 0. The van der Waals surface area contributed by atoms with Crippen LogP contribution < -0.4 is 11.1 Å². The third kappa shape index (κ3) is 3.62. The van der Waals surface area contributed by atoms with E-state index in [-0.39, 0.29) is 11.7 Å². The van der Waals surface area contributed by atoms with E-state index in [0.717, 1.165) is 36.0 Å². The van der Waals surface area contributed by atoms with E-state index in [4.69, 9.17) is 5.73 Å². The number of anilines is 2. The number of fused-ring (bicyclic) bond motifs is 2. The molecule has 1 aliphatic rings. The first kappa shape index (κ1) is 16.8. The summed E-state index contributed by atoms with van der Waals surface area (Å²) in [5, 5.41) is 4.11. The maximum Gasteiger partial charge on any atom is 0.234 e. The summed E-state index contributed by atoms with van der Waals surface area (Å²) in [6.45, 7) is 0. The number of nitrogens with one attached hydrogen (secondary N) is 1. The Hall–Kier alpha value is -2.67. The number of nitrogens with zero attached hydrogens (tertiary/aromatic N) is 3. The second kappa shape index (κ2) is 7.29. The number of hydrogen-bond donors (Lipinski definition) is 2. The SMILES string of the molecule is Nc1nc(SCC(=O)Nc2ccccc2)nc2nc3c(cc12)CCCC3. The van der Waals surface area contributed by atoms with Gasteiger partial charge in [0.15, 0.2) is 10.8 Å². The molecule has 0 saturated heterocycles. The molecule has 0 aliphatic heterocycles. The monoisotopic (exact) mass is 365 g/mol. The van der Waals surface area contributed by atoms with Crippen molar-refractivity contribution in [2.45, 2.75) is 30.8 Å². The Morgan fingerprint density at radius 1 is 1.12 bits per heavy atom. The summed E-state index contributed by atoms with van der Waals surface area (Å²) >= 11 is 1.26. The molecule has 1 amide bonds. The van der Waals surface area contributed by atoms with Gasteiger partial charge in [0.05, 0.1) is 11.1 Å². The molecule has 1 aromatic carbocycles. The molecule has 26 heavy (non-hydrogen) atoms. The van der Waals surface area contributed by atoms with Crippen LogP contribution in [0.2, 0.25) is 0 Å². The average Bonchev–Trinajstić information content (AvgIpc) is 2.66. The Balaban J connectivity index is 1.50. The zero-order valence-corrected chi connectivity index (χ0v) is 15.1. The minimum Gasteiger partial charge on any atom is -0.383 e. The van der Waals surface area contributed by atoms with Crippen molar-refractivity contribution in [2.75, 3.05) is 16.8 Å². The van der Waals surface area contributed by atoms with Crippen LogP contribution in [0.25, 0.3) is 11.0 Å². The highest BCUT2D eigenvalue weighted by molar-refractivity contribution is 7.99. The van der Waals surface area contributed by atoms with Crippen LogP contribution in [-0.2, 0) is 17.6 Å². The number of pyridine rings is 1. The average molecular weight is 365 g/mol. The molecule has 0 fully saturated rings. The molecule has 1 aliphatic carbocycles. The van der Waals surface area contributed by atoms with Gasteiger partial charge in [-0.3, -0.25) is 4.79 Å². The van der Waals surface area contributed by atoms with Crippen molar-refractivity contribution in [2.24, 2.45) is 0 Å². The number of hydrogen-bond acceptors (Lipinski definition) is 6. The number of para-hydroxylation sites is 1. The van der Waals surface area contributed by atoms with Crippen LogP contribution in [0.5, 0.6) is 0 Å². The highest BCUT2D eigenvalue weighted by Gasteiger charge is 2.15. The van der Waals surface area contributed by atoms with Gasteiger partial charge in [0.2, 0.25) is 5.91 Å². The van der Waals surface area contributed by atoms with Gasteiger partial charge in [-0.2, -0.15) is 0 Å². The maximum absolute atomic E-state index is 12.1. The predicted octanol–water partition coefficient (Wildman–Crippen LogP) is 3.22. The molecule has 3 aromatic rings. The van der Waals surface area contributed by atoms with E-state index in [2.05, 4.69) is 26.3 Å². The fraction of sp³-hybridized carbons (Fsp3) is 0.263. The molecule has 2 heterocycles. The summed E-state index contributed by atoms with van der Waals surface area (Å²) in [6, 6.07) is 11.4. The van der Waals surface area contributed by atoms with E-state index in [1.54, 1.807) is 0 Å². The Kier molecular flexibility index (Phi) is 4.71. The molecule has 7 heteroatoms. The second-order valence-corrected chi connectivity index (χ2v) is 7.21. The van der Waals surface area contributed by atoms with E-state index in [9.17, 15) is 4.79 Å². The van der Waals surface area contributed by atoms with Crippen LogP contribution in [-0.4, -0.2) is 26.6 Å². The van der Waals surface area contributed by atoms with Gasteiger partial charge in [0.25, 0.3) is 0 Å². The number of amides is 1. The number of thioether (sulfide) groups is 1. The van der Waals surface area contributed by atoms with Crippen molar-refractivity contribution in [3.8, 4) is 0 Å². The lowest BCUT2D eigenvalue weighted by molar-refractivity contribution is -0.113. The van der Waals surface area contributed by atoms with Gasteiger partial charge >= 0.3 is 0 Å². The van der Waals surface area contributed by atoms with Gasteiger partial charge in [-0.1, -0.05) is 30.0 Å². The molecule has 3 N–H and O–H groups in total. The molecule has 0 bridgehead atoms. The van der Waals surface area contributed by atoms with Crippen molar-refractivity contribution in [1.82, 2.24) is 15.0 Å². The molecule has 0 spiro atoms. The largest absolute Gasteiger partial charge is 0.383 e. The van der Waals surface area contributed by atoms with E-state index in [1.807, 2.05) is 30.3 Å². The third-order valence-corrected chi connectivity index (χ3v) is 5.21. The zero-order chi connectivity index (χ0) is 17.9. The molecule has 0 atom stereocenters. The Morgan fingerprint density at radius 3 is 2.77 bits per heavy atom. The maximum atomic E-state index is 12.1. The number of aromatic nitrogens is 3. The van der Waals surface area contributed by atoms with Crippen LogP contribution >= 0.6 is 11.8 Å². The van der Waals surface area contributed by atoms with E-state index >= 15 is 0 Å². The molecule has 0 unspecified atom stereocenters. The molecule has 0 saturated carbocycles. The van der Waals surface area contributed by atoms with Crippen molar-refractivity contribution in [3.63, 3.8) is 0 Å². The molecular weight excluding hydrogens is 346 g/mol. The fourth-order valence-electron chi connectivity index (χ4n) is 3.09. The van der Waals surface area contributed by atoms with Crippen molar-refractivity contribution in [1.29, 1.82) is 0 Å². The first-order valence-corrected chi connectivity index (χ1v) is 9.61. The molecular formula is C19H19N5OS. The zero-order valence-electron chi connectivity index (χ0n) is 14.2. The highest BCUT2D eigenvalue weighted by Crippen LogP contribution is 2.27. The standard InChI is InChI=1S/C19H19N5OS/c20-17-14-10-12-6-4-5-9-15(12)22-18(14)24-19(23-17)26-11-16(25)21-13-7-2-1-3-8-13/h1-3,7-8,10H,4-6,9,11H2,(H,21,25)(H2,20,22,23,24). The lowest BCUT2D eigenvalue weighted by atomic mass is 9.95. The lowest BCUT2D eigenvalue weighted by Crippen LogP contribution is -2.14. The fourth-order valence-corrected chi connectivity index (χ4v) is 3.73. The van der Waals surface area contributed by atoms with Crippen LogP contribution in [0.15, 0.2) is 41.6 Å². The van der Waals surface area contributed by atoms with Gasteiger partial charge in [-0.15, -0.1) is 0 Å². The second-order valence-electron chi connectivity index (χ2n) is 6.27. The lowest BCUT2D eigenvalue weighted by Gasteiger charge is -2.15. The van der Waals surface area contributed by atoms with Crippen LogP contribution in [0.1, 0.15) is 24.1 Å². The Morgan fingerprint density at radius 2 is 1.92 bits per heavy atom. The first-order valence-electron chi connectivity index (χ1n) is 8.63. The van der Waals surface area contributed by atoms with Crippen LogP contribution in [0.4, 0.5) is 11.5 Å². The van der Waals surface area contributed by atoms with Crippen LogP contribution in [0, 0.1) is 0 Å². The highest BCUT2D eigenvalue weighted by atomic mass is 32.2. The van der Waals surface area contributed by atoms with E-state index < -0.39 is 0 Å². The van der Waals surface area contributed by atoms with E-state index in [1.165, 1.54) is 23.7 Å².